The molecule has 0 aliphatic rings. The van der Waals surface area contributed by atoms with Gasteiger partial charge in [0.15, 0.2) is 0 Å². The molecule has 0 heterocycles. The van der Waals surface area contributed by atoms with Crippen LogP contribution in [0.5, 0.6) is 0 Å². The number of rotatable bonds is 3. The van der Waals surface area contributed by atoms with Crippen molar-refractivity contribution >= 4 is 18.5 Å². The van der Waals surface area contributed by atoms with Gasteiger partial charge in [0, 0.05) is 17.0 Å². The Kier molecular flexibility index (Phi) is 4.39. The molecule has 0 N–H and O–H groups in total. The standard InChI is InChI=1S/C12H12FNOS/c1-3-7-14(4-2)12(15)9-5-6-10(13)11(16)8-9/h1,5-6,8,16H,4,7H2,2H3. The summed E-state index contributed by atoms with van der Waals surface area (Å²) in [7, 11) is 0. The first kappa shape index (κ1) is 12.6. The number of nitrogens with zero attached hydrogens (tertiary/aromatic N) is 1. The predicted molar refractivity (Wildman–Crippen MR) is 64.1 cm³/mol. The highest BCUT2D eigenvalue weighted by Gasteiger charge is 2.14. The molecule has 0 fully saturated rings. The fourth-order valence-corrected chi connectivity index (χ4v) is 1.48. The summed E-state index contributed by atoms with van der Waals surface area (Å²) in [6.07, 6.45) is 5.16. The lowest BCUT2D eigenvalue weighted by Gasteiger charge is -2.18. The van der Waals surface area contributed by atoms with Crippen molar-refractivity contribution in [1.29, 1.82) is 0 Å². The van der Waals surface area contributed by atoms with Crippen molar-refractivity contribution in [2.75, 3.05) is 13.1 Å². The molecule has 1 aromatic rings. The van der Waals surface area contributed by atoms with E-state index < -0.39 is 5.82 Å². The first-order valence-corrected chi connectivity index (χ1v) is 5.26. The number of carbonyl (C=O) groups excluding carboxylic acids is 1. The zero-order valence-electron chi connectivity index (χ0n) is 8.90. The van der Waals surface area contributed by atoms with E-state index in [1.54, 1.807) is 0 Å². The van der Waals surface area contributed by atoms with E-state index in [0.717, 1.165) is 0 Å². The molecule has 0 radical (unpaired) electrons. The largest absolute Gasteiger partial charge is 0.328 e. The fraction of sp³-hybridized carbons (Fsp3) is 0.250. The molecule has 1 aromatic carbocycles. The lowest BCUT2D eigenvalue weighted by atomic mass is 10.2. The molecule has 0 bridgehead atoms. The summed E-state index contributed by atoms with van der Waals surface area (Å²) in [5, 5.41) is 0. The number of terminal acetylenes is 1. The molecule has 0 saturated carbocycles. The Morgan fingerprint density at radius 2 is 2.31 bits per heavy atom. The van der Waals surface area contributed by atoms with E-state index in [-0.39, 0.29) is 17.3 Å². The van der Waals surface area contributed by atoms with Gasteiger partial charge in [-0.3, -0.25) is 4.79 Å². The van der Waals surface area contributed by atoms with Crippen molar-refractivity contribution in [2.45, 2.75) is 11.8 Å². The van der Waals surface area contributed by atoms with Gasteiger partial charge in [0.2, 0.25) is 0 Å². The predicted octanol–water partition coefficient (Wildman–Crippen LogP) is 2.21. The van der Waals surface area contributed by atoms with Gasteiger partial charge in [-0.25, -0.2) is 4.39 Å². The minimum absolute atomic E-state index is 0.155. The van der Waals surface area contributed by atoms with Crippen molar-refractivity contribution in [3.63, 3.8) is 0 Å². The molecule has 0 aliphatic carbocycles. The van der Waals surface area contributed by atoms with Crippen LogP contribution in [0.4, 0.5) is 4.39 Å². The van der Waals surface area contributed by atoms with E-state index >= 15 is 0 Å². The van der Waals surface area contributed by atoms with Gasteiger partial charge in [-0.15, -0.1) is 19.1 Å². The summed E-state index contributed by atoms with van der Waals surface area (Å²) in [4.78, 5) is 13.6. The summed E-state index contributed by atoms with van der Waals surface area (Å²) in [6, 6.07) is 4.05. The quantitative estimate of drug-likeness (QED) is 0.631. The third-order valence-corrected chi connectivity index (χ3v) is 2.49. The Bertz CT molecular complexity index is 439. The second kappa shape index (κ2) is 5.57. The number of halogens is 1. The number of benzene rings is 1. The van der Waals surface area contributed by atoms with Gasteiger partial charge in [0.1, 0.15) is 5.82 Å². The van der Waals surface area contributed by atoms with Crippen molar-refractivity contribution in [2.24, 2.45) is 0 Å². The second-order valence-corrected chi connectivity index (χ2v) is 3.67. The Hall–Kier alpha value is -1.47. The summed E-state index contributed by atoms with van der Waals surface area (Å²) in [5.74, 6) is 1.75. The van der Waals surface area contributed by atoms with E-state index in [4.69, 9.17) is 6.42 Å². The van der Waals surface area contributed by atoms with Crippen LogP contribution in [-0.4, -0.2) is 23.9 Å². The van der Waals surface area contributed by atoms with Gasteiger partial charge >= 0.3 is 0 Å². The third kappa shape index (κ3) is 2.77. The zero-order valence-corrected chi connectivity index (χ0v) is 9.80. The van der Waals surface area contributed by atoms with Crippen LogP contribution in [0.25, 0.3) is 0 Å². The van der Waals surface area contributed by atoms with Crippen LogP contribution in [0, 0.1) is 18.2 Å². The summed E-state index contributed by atoms with van der Waals surface area (Å²) in [6.45, 7) is 2.59. The highest BCUT2D eigenvalue weighted by Crippen LogP contribution is 2.15. The van der Waals surface area contributed by atoms with Gasteiger partial charge in [-0.05, 0) is 25.1 Å². The first-order valence-electron chi connectivity index (χ1n) is 4.81. The van der Waals surface area contributed by atoms with Crippen LogP contribution in [0.2, 0.25) is 0 Å². The molecular formula is C12H12FNOS. The topological polar surface area (TPSA) is 20.3 Å². The SMILES string of the molecule is C#CCN(CC)C(=O)c1ccc(F)c(S)c1. The van der Waals surface area contributed by atoms with Crippen molar-refractivity contribution in [3.8, 4) is 12.3 Å². The van der Waals surface area contributed by atoms with E-state index in [1.807, 2.05) is 6.92 Å². The number of hydrogen-bond donors (Lipinski definition) is 1. The molecule has 16 heavy (non-hydrogen) atoms. The number of amides is 1. The molecule has 0 unspecified atom stereocenters. The van der Waals surface area contributed by atoms with Gasteiger partial charge < -0.3 is 4.90 Å². The normalized spacial score (nSPS) is 9.62. The van der Waals surface area contributed by atoms with Crippen molar-refractivity contribution in [1.82, 2.24) is 4.90 Å². The van der Waals surface area contributed by atoms with Gasteiger partial charge in [-0.2, -0.15) is 0 Å². The maximum absolute atomic E-state index is 13.0. The molecule has 4 heteroatoms. The Morgan fingerprint density at radius 3 is 2.81 bits per heavy atom. The van der Waals surface area contributed by atoms with Crippen LogP contribution >= 0.6 is 12.6 Å². The molecule has 1 amide bonds. The average molecular weight is 237 g/mol. The van der Waals surface area contributed by atoms with E-state index in [1.165, 1.54) is 23.1 Å². The summed E-state index contributed by atoms with van der Waals surface area (Å²) < 4.78 is 13.0. The van der Waals surface area contributed by atoms with Crippen molar-refractivity contribution < 1.29 is 9.18 Å². The third-order valence-electron chi connectivity index (χ3n) is 2.14. The minimum atomic E-state index is -0.445. The Morgan fingerprint density at radius 1 is 1.62 bits per heavy atom. The molecular weight excluding hydrogens is 225 g/mol. The first-order chi connectivity index (χ1) is 7.60. The molecule has 0 aromatic heterocycles. The average Bonchev–Trinajstić information content (AvgIpc) is 2.28. The van der Waals surface area contributed by atoms with Crippen LogP contribution in [0.3, 0.4) is 0 Å². The van der Waals surface area contributed by atoms with Crippen LogP contribution in [0.1, 0.15) is 17.3 Å². The molecule has 0 atom stereocenters. The number of carbonyl (C=O) groups is 1. The second-order valence-electron chi connectivity index (χ2n) is 3.19. The molecule has 0 spiro atoms. The van der Waals surface area contributed by atoms with Crippen LogP contribution < -0.4 is 0 Å². The molecule has 0 aliphatic heterocycles. The van der Waals surface area contributed by atoms with Crippen LogP contribution in [-0.2, 0) is 0 Å². The Labute approximate surface area is 99.9 Å². The molecule has 2 nitrogen and oxygen atoms in total. The zero-order chi connectivity index (χ0) is 12.1. The lowest BCUT2D eigenvalue weighted by Crippen LogP contribution is -2.31. The van der Waals surface area contributed by atoms with Gasteiger partial charge in [-0.1, -0.05) is 5.92 Å². The number of hydrogen-bond acceptors (Lipinski definition) is 2. The van der Waals surface area contributed by atoms with Crippen LogP contribution in [0.15, 0.2) is 23.1 Å². The van der Waals surface area contributed by atoms with E-state index in [0.29, 0.717) is 12.1 Å². The monoisotopic (exact) mass is 237 g/mol. The van der Waals surface area contributed by atoms with Gasteiger partial charge in [0.25, 0.3) is 5.91 Å². The van der Waals surface area contributed by atoms with E-state index in [2.05, 4.69) is 18.5 Å². The maximum Gasteiger partial charge on any atom is 0.254 e. The molecule has 0 saturated heterocycles. The van der Waals surface area contributed by atoms with E-state index in [9.17, 15) is 9.18 Å². The van der Waals surface area contributed by atoms with Gasteiger partial charge in [0.05, 0.1) is 6.54 Å². The molecule has 84 valence electrons. The maximum atomic E-state index is 13.0. The smallest absolute Gasteiger partial charge is 0.254 e. The molecule has 1 rings (SSSR count). The highest BCUT2D eigenvalue weighted by molar-refractivity contribution is 7.80. The highest BCUT2D eigenvalue weighted by atomic mass is 32.1. The summed E-state index contributed by atoms with van der Waals surface area (Å²) in [5.41, 5.74) is 0.392. The lowest BCUT2D eigenvalue weighted by molar-refractivity contribution is 0.0784. The Balaban J connectivity index is 2.95. The summed E-state index contributed by atoms with van der Waals surface area (Å²) >= 11 is 3.93. The van der Waals surface area contributed by atoms with Crippen molar-refractivity contribution in [3.05, 3.63) is 29.6 Å². The number of thiol groups is 1. The fourth-order valence-electron chi connectivity index (χ4n) is 1.27. The minimum Gasteiger partial charge on any atom is -0.328 e.